The third-order valence-corrected chi connectivity index (χ3v) is 13.4. The third kappa shape index (κ3) is 2.29. The average Bonchev–Trinajstić information content (AvgIpc) is 3.58. The van der Waals surface area contributed by atoms with Gasteiger partial charge in [0.2, 0.25) is 11.2 Å². The quantitative estimate of drug-likeness (QED) is 0.152. The van der Waals surface area contributed by atoms with Gasteiger partial charge in [-0.15, -0.1) is 0 Å². The molecule has 0 radical (unpaired) electrons. The van der Waals surface area contributed by atoms with E-state index in [0.29, 0.717) is 0 Å². The van der Waals surface area contributed by atoms with Gasteiger partial charge in [0.1, 0.15) is 24.4 Å². The fourth-order valence-corrected chi connectivity index (χ4v) is 11.4. The maximum absolute atomic E-state index is 12.4. The molecule has 16 atom stereocenters. The molecule has 0 aromatic heterocycles. The summed E-state index contributed by atoms with van der Waals surface area (Å²) in [6, 6.07) is 0. The molecule has 10 aliphatic rings. The molecule has 4 bridgehead atoms. The molecule has 6 aliphatic heterocycles. The highest BCUT2D eigenvalue weighted by atomic mass is 16.7. The van der Waals surface area contributed by atoms with Crippen LogP contribution < -0.4 is 0 Å². The summed E-state index contributed by atoms with van der Waals surface area (Å²) < 4.78 is 33.2. The zero-order valence-electron chi connectivity index (χ0n) is 24.3. The first-order valence-electron chi connectivity index (χ1n) is 14.9. The van der Waals surface area contributed by atoms with E-state index in [4.69, 9.17) is 28.4 Å². The fourth-order valence-electron chi connectivity index (χ4n) is 11.4. The van der Waals surface area contributed by atoms with Crippen LogP contribution in [0.2, 0.25) is 0 Å². The highest BCUT2D eigenvalue weighted by Gasteiger charge is 2.97. The number of carbonyl (C=O) groups is 4. The number of hydrogen-bond acceptors (Lipinski definition) is 13. The van der Waals surface area contributed by atoms with Gasteiger partial charge < -0.3 is 43.7 Å². The molecule has 43 heavy (non-hydrogen) atoms. The van der Waals surface area contributed by atoms with Gasteiger partial charge in [0.05, 0.1) is 39.5 Å². The van der Waals surface area contributed by atoms with Crippen molar-refractivity contribution in [3.05, 3.63) is 12.2 Å². The SMILES string of the molecule is C=C(C)C1C2OC(=O)C1C1(O)CC3OC34C(=O)OC2C14C.CC(C)(O)C1C2OC(=O)C1C1(O)CC3OC34C(=O)OC2C14C. The van der Waals surface area contributed by atoms with Gasteiger partial charge >= 0.3 is 23.9 Å². The predicted molar refractivity (Wildman–Crippen MR) is 135 cm³/mol. The zero-order valence-corrected chi connectivity index (χ0v) is 24.3. The number of aliphatic hydroxyl groups is 3. The Bertz CT molecular complexity index is 1500. The van der Waals surface area contributed by atoms with Crippen LogP contribution in [0.4, 0.5) is 0 Å². The van der Waals surface area contributed by atoms with E-state index in [-0.39, 0.29) is 24.9 Å². The molecule has 10 rings (SSSR count). The van der Waals surface area contributed by atoms with Gasteiger partial charge in [-0.1, -0.05) is 12.2 Å². The standard InChI is InChI=1S/C15H18O7.C15H16O6/c1-12(2,18)6-7-10(16)20-8(6)9-13(3)14(7,19)4-5-15(13,22-5)11(17)21-9;1-5(2)7-8-11(16)19-9(7)10-13(3)14(8,18)4-6-15(13,21-6)12(17)20-10/h5-9,18-19H,4H2,1-3H3;6-10,18H,1,4H2,2-3H3. The molecule has 6 heterocycles. The van der Waals surface area contributed by atoms with Gasteiger partial charge in [0.25, 0.3) is 0 Å². The lowest BCUT2D eigenvalue weighted by atomic mass is 9.52. The van der Waals surface area contributed by atoms with Crippen LogP contribution in [0, 0.1) is 34.5 Å². The molecule has 16 unspecified atom stereocenters. The van der Waals surface area contributed by atoms with E-state index in [1.54, 1.807) is 27.7 Å². The summed E-state index contributed by atoms with van der Waals surface area (Å²) in [4.78, 5) is 49.4. The lowest BCUT2D eigenvalue weighted by Gasteiger charge is -2.53. The molecule has 0 amide bonds. The molecular weight excluding hydrogens is 568 g/mol. The molecule has 4 saturated carbocycles. The van der Waals surface area contributed by atoms with Crippen LogP contribution in [0.3, 0.4) is 0 Å². The Morgan fingerprint density at radius 3 is 1.72 bits per heavy atom. The monoisotopic (exact) mass is 602 g/mol. The minimum absolute atomic E-state index is 0.189. The van der Waals surface area contributed by atoms with Crippen LogP contribution in [0.1, 0.15) is 47.5 Å². The van der Waals surface area contributed by atoms with Crippen molar-refractivity contribution in [1.29, 1.82) is 0 Å². The van der Waals surface area contributed by atoms with Crippen LogP contribution in [0.5, 0.6) is 0 Å². The summed E-state index contributed by atoms with van der Waals surface area (Å²) in [6.45, 7) is 12.5. The van der Waals surface area contributed by atoms with Gasteiger partial charge in [0, 0.05) is 24.7 Å². The number of esters is 4. The van der Waals surface area contributed by atoms with Crippen molar-refractivity contribution in [1.82, 2.24) is 0 Å². The van der Waals surface area contributed by atoms with Crippen LogP contribution in [0.25, 0.3) is 0 Å². The van der Waals surface area contributed by atoms with E-state index < -0.39 is 111 Å². The minimum atomic E-state index is -1.47. The summed E-state index contributed by atoms with van der Waals surface area (Å²) in [5.74, 6) is -4.37. The zero-order chi connectivity index (χ0) is 30.8. The van der Waals surface area contributed by atoms with Crippen LogP contribution in [0.15, 0.2) is 12.2 Å². The molecule has 3 N–H and O–H groups in total. The molecule has 4 aliphatic carbocycles. The number of hydrogen-bond donors (Lipinski definition) is 3. The second-order valence-corrected chi connectivity index (χ2v) is 15.3. The minimum Gasteiger partial charge on any atom is -0.458 e. The van der Waals surface area contributed by atoms with Crippen molar-refractivity contribution in [3.8, 4) is 0 Å². The number of carbonyl (C=O) groups excluding carboxylic acids is 4. The molecule has 2 spiro atoms. The molecule has 6 saturated heterocycles. The van der Waals surface area contributed by atoms with Crippen molar-refractivity contribution in [2.75, 3.05) is 0 Å². The predicted octanol–water partition coefficient (Wildman–Crippen LogP) is -0.929. The molecular formula is C30H34O13. The van der Waals surface area contributed by atoms with Crippen LogP contribution >= 0.6 is 0 Å². The second-order valence-electron chi connectivity index (χ2n) is 15.3. The number of fused-ring (bicyclic) bond motifs is 8. The summed E-state index contributed by atoms with van der Waals surface area (Å²) in [5, 5.41) is 33.3. The van der Waals surface area contributed by atoms with Crippen LogP contribution in [-0.2, 0) is 47.6 Å². The van der Waals surface area contributed by atoms with Crippen molar-refractivity contribution < 1.29 is 62.9 Å². The lowest BCUT2D eigenvalue weighted by Crippen LogP contribution is -2.68. The highest BCUT2D eigenvalue weighted by Crippen LogP contribution is 2.78. The first kappa shape index (κ1) is 26.8. The number of epoxide rings is 2. The first-order valence-corrected chi connectivity index (χ1v) is 14.9. The first-order chi connectivity index (χ1) is 19.9. The Hall–Kier alpha value is -2.58. The number of rotatable bonds is 2. The van der Waals surface area contributed by atoms with Gasteiger partial charge in [-0.25, -0.2) is 9.59 Å². The van der Waals surface area contributed by atoms with Gasteiger partial charge in [-0.3, -0.25) is 9.59 Å². The van der Waals surface area contributed by atoms with Crippen molar-refractivity contribution in [3.63, 3.8) is 0 Å². The normalized spacial score (nSPS) is 61.3. The molecule has 13 nitrogen and oxygen atoms in total. The van der Waals surface area contributed by atoms with E-state index >= 15 is 0 Å². The van der Waals surface area contributed by atoms with E-state index in [1.165, 1.54) is 0 Å². The van der Waals surface area contributed by atoms with Gasteiger partial charge in [-0.2, -0.15) is 0 Å². The smallest absolute Gasteiger partial charge is 0.342 e. The van der Waals surface area contributed by atoms with E-state index in [2.05, 4.69) is 6.58 Å². The lowest BCUT2D eigenvalue weighted by molar-refractivity contribution is -0.223. The summed E-state index contributed by atoms with van der Waals surface area (Å²) in [7, 11) is 0. The molecule has 0 aromatic carbocycles. The van der Waals surface area contributed by atoms with Gasteiger partial charge in [0.15, 0.2) is 12.2 Å². The van der Waals surface area contributed by atoms with Crippen molar-refractivity contribution in [2.24, 2.45) is 34.5 Å². The van der Waals surface area contributed by atoms with E-state index in [9.17, 15) is 34.5 Å². The topological polar surface area (TPSA) is 191 Å². The molecule has 10 fully saturated rings. The average molecular weight is 603 g/mol. The Morgan fingerprint density at radius 1 is 0.791 bits per heavy atom. The van der Waals surface area contributed by atoms with Crippen molar-refractivity contribution >= 4 is 23.9 Å². The van der Waals surface area contributed by atoms with E-state index in [0.717, 1.165) is 5.57 Å². The largest absolute Gasteiger partial charge is 0.458 e. The van der Waals surface area contributed by atoms with Crippen LogP contribution in [-0.4, -0.2) is 104 Å². The summed E-state index contributed by atoms with van der Waals surface area (Å²) in [6.07, 6.45) is -3.12. The molecule has 0 aromatic rings. The molecule has 232 valence electrons. The fraction of sp³-hybridized carbons (Fsp3) is 0.800. The second kappa shape index (κ2) is 6.81. The Morgan fingerprint density at radius 2 is 1.23 bits per heavy atom. The maximum Gasteiger partial charge on any atom is 0.342 e. The Labute approximate surface area is 245 Å². The van der Waals surface area contributed by atoms with Gasteiger partial charge in [-0.05, 0) is 34.6 Å². The maximum atomic E-state index is 12.4. The summed E-state index contributed by atoms with van der Waals surface area (Å²) in [5.41, 5.74) is -7.49. The Balaban J connectivity index is 0.000000121. The highest BCUT2D eigenvalue weighted by molar-refractivity contribution is 5.92. The third-order valence-electron chi connectivity index (χ3n) is 13.4. The number of ether oxygens (including phenoxy) is 6. The molecule has 13 heteroatoms. The summed E-state index contributed by atoms with van der Waals surface area (Å²) >= 11 is 0. The van der Waals surface area contributed by atoms with E-state index in [1.807, 2.05) is 6.92 Å². The van der Waals surface area contributed by atoms with Crippen molar-refractivity contribution in [2.45, 2.75) is 112 Å². The Kier molecular flexibility index (Phi) is 4.24.